The molecule has 0 heterocycles. The van der Waals surface area contributed by atoms with Crippen LogP contribution in [0.5, 0.6) is 0 Å². The van der Waals surface area contributed by atoms with E-state index >= 15 is 0 Å². The Morgan fingerprint density at radius 3 is 2.55 bits per heavy atom. The van der Waals surface area contributed by atoms with Crippen molar-refractivity contribution in [3.8, 4) is 0 Å². The molecule has 0 aromatic heterocycles. The van der Waals surface area contributed by atoms with Crippen molar-refractivity contribution in [1.82, 2.24) is 5.43 Å². The summed E-state index contributed by atoms with van der Waals surface area (Å²) in [5.41, 5.74) is 9.01. The van der Waals surface area contributed by atoms with Gasteiger partial charge in [-0.1, -0.05) is 5.43 Å². The fourth-order valence-electron chi connectivity index (χ4n) is 1.67. The minimum Gasteiger partial charge on any atom is -0.372 e. The highest BCUT2D eigenvalue weighted by Crippen LogP contribution is 2.13. The van der Waals surface area contributed by atoms with E-state index in [9.17, 15) is 10.1 Å². The van der Waals surface area contributed by atoms with Gasteiger partial charge in [0.2, 0.25) is 6.21 Å². The second kappa shape index (κ2) is 7.72. The summed E-state index contributed by atoms with van der Waals surface area (Å²) < 4.78 is 0. The molecule has 0 aliphatic heterocycles. The predicted molar refractivity (Wildman–Crippen MR) is 77.9 cm³/mol. The molecular formula is C12H19N6O2+. The van der Waals surface area contributed by atoms with E-state index in [1.807, 2.05) is 24.3 Å². The maximum Gasteiger partial charge on any atom is 0.319 e. The maximum absolute atomic E-state index is 10.1. The Morgan fingerprint density at radius 1 is 1.45 bits per heavy atom. The van der Waals surface area contributed by atoms with Crippen LogP contribution in [0, 0.1) is 10.1 Å². The lowest BCUT2D eigenvalue weighted by Crippen LogP contribution is -2.64. The van der Waals surface area contributed by atoms with Gasteiger partial charge in [0.05, 0.1) is 0 Å². The zero-order chi connectivity index (χ0) is 15.0. The number of hydrogen-bond donors (Lipinski definition) is 3. The summed E-state index contributed by atoms with van der Waals surface area (Å²) >= 11 is 0. The van der Waals surface area contributed by atoms with E-state index in [2.05, 4.69) is 29.0 Å². The van der Waals surface area contributed by atoms with Gasteiger partial charge < -0.3 is 10.6 Å². The Morgan fingerprint density at radius 2 is 2.05 bits per heavy atom. The minimum absolute atomic E-state index is 0.314. The number of benzene rings is 1. The average Bonchev–Trinajstić information content (AvgIpc) is 2.41. The van der Waals surface area contributed by atoms with Crippen molar-refractivity contribution in [3.63, 3.8) is 0 Å². The molecule has 0 fully saturated rings. The van der Waals surface area contributed by atoms with Crippen molar-refractivity contribution in [3.05, 3.63) is 39.9 Å². The maximum atomic E-state index is 10.1. The van der Waals surface area contributed by atoms with E-state index in [1.165, 1.54) is 0 Å². The van der Waals surface area contributed by atoms with Crippen LogP contribution in [-0.4, -0.2) is 30.3 Å². The number of rotatable bonds is 6. The van der Waals surface area contributed by atoms with E-state index in [1.54, 1.807) is 11.6 Å². The highest BCUT2D eigenvalue weighted by atomic mass is 16.7. The molecule has 8 heteroatoms. The summed E-state index contributed by atoms with van der Waals surface area (Å²) in [6.45, 7) is 6.10. The summed E-state index contributed by atoms with van der Waals surface area (Å²) in [7, 11) is 0. The van der Waals surface area contributed by atoms with Crippen molar-refractivity contribution in [2.75, 3.05) is 18.0 Å². The van der Waals surface area contributed by atoms with Gasteiger partial charge in [-0.3, -0.25) is 0 Å². The molecule has 0 radical (unpaired) electrons. The Kier molecular flexibility index (Phi) is 5.95. The van der Waals surface area contributed by atoms with Gasteiger partial charge in [0.15, 0.2) is 5.03 Å². The van der Waals surface area contributed by atoms with Gasteiger partial charge in [0.1, 0.15) is 0 Å². The normalized spacial score (nSPS) is 11.6. The standard InChI is InChI=1S/C12H18N6O2/c1-3-17(4-2)11-7-5-10(6-8-11)9-14-15-12(13)16-18(19)20/h5-9H,3-4H2,1-2H3,(H3,13,15,16)/p+1/b14-9-. The third kappa shape index (κ3) is 4.92. The van der Waals surface area contributed by atoms with E-state index in [0.717, 1.165) is 24.3 Å². The lowest BCUT2D eigenvalue weighted by atomic mass is 10.2. The third-order valence-corrected chi connectivity index (χ3v) is 2.64. The Balaban J connectivity index is 2.68. The molecule has 0 aliphatic carbocycles. The monoisotopic (exact) mass is 279 g/mol. The van der Waals surface area contributed by atoms with Crippen LogP contribution in [0.1, 0.15) is 19.4 Å². The van der Waals surface area contributed by atoms with Crippen LogP contribution in [0.3, 0.4) is 0 Å². The van der Waals surface area contributed by atoms with Crippen LogP contribution >= 0.6 is 0 Å². The average molecular weight is 279 g/mol. The number of hydrazone groups is 1. The first-order valence-corrected chi connectivity index (χ1v) is 6.24. The molecule has 1 rings (SSSR count). The fraction of sp³-hybridized carbons (Fsp3) is 0.333. The van der Waals surface area contributed by atoms with Crippen molar-refractivity contribution >= 4 is 17.9 Å². The van der Waals surface area contributed by atoms with Gasteiger partial charge in [0, 0.05) is 29.4 Å². The van der Waals surface area contributed by atoms with Crippen LogP contribution in [0.25, 0.3) is 0 Å². The largest absolute Gasteiger partial charge is 0.372 e. The van der Waals surface area contributed by atoms with Crippen LogP contribution in [0.2, 0.25) is 0 Å². The third-order valence-electron chi connectivity index (χ3n) is 2.64. The summed E-state index contributed by atoms with van der Waals surface area (Å²) in [6, 6.07) is 7.85. The molecule has 1 aromatic carbocycles. The summed E-state index contributed by atoms with van der Waals surface area (Å²) in [5.74, 6) is -0.314. The second-order valence-electron chi connectivity index (χ2n) is 3.90. The molecule has 0 saturated carbocycles. The number of hydrazine groups is 1. The van der Waals surface area contributed by atoms with Gasteiger partial charge in [0.25, 0.3) is 0 Å². The number of anilines is 1. The summed E-state index contributed by atoms with van der Waals surface area (Å²) in [5, 5.41) is 15.4. The van der Waals surface area contributed by atoms with E-state index in [-0.39, 0.29) is 5.96 Å². The van der Waals surface area contributed by atoms with Gasteiger partial charge in [-0.25, -0.2) is 10.1 Å². The molecule has 0 saturated heterocycles. The second-order valence-corrected chi connectivity index (χ2v) is 3.90. The van der Waals surface area contributed by atoms with Crippen LogP contribution in [0.4, 0.5) is 5.69 Å². The van der Waals surface area contributed by atoms with Crippen molar-refractivity contribution in [2.24, 2.45) is 10.8 Å². The topological polar surface area (TPSA) is 111 Å². The Labute approximate surface area is 117 Å². The lowest BCUT2D eigenvalue weighted by Gasteiger charge is -2.20. The molecule has 8 nitrogen and oxygen atoms in total. The summed E-state index contributed by atoms with van der Waals surface area (Å²) in [4.78, 5) is 12.3. The number of hydrogen-bond acceptors (Lipinski definition) is 4. The van der Waals surface area contributed by atoms with Gasteiger partial charge in [-0.05, 0) is 38.1 Å². The predicted octanol–water partition coefficient (Wildman–Crippen LogP) is -0.957. The van der Waals surface area contributed by atoms with Gasteiger partial charge in [-0.15, -0.1) is 5.10 Å². The Hall–Kier alpha value is -2.64. The first-order chi connectivity index (χ1) is 9.56. The zero-order valence-corrected chi connectivity index (χ0v) is 11.5. The van der Waals surface area contributed by atoms with Crippen molar-refractivity contribution in [1.29, 1.82) is 0 Å². The van der Waals surface area contributed by atoms with Crippen LogP contribution < -0.4 is 21.2 Å². The first kappa shape index (κ1) is 15.4. The molecule has 1 aromatic rings. The number of nitrogens with one attached hydrogen (secondary N) is 2. The van der Waals surface area contributed by atoms with E-state index in [4.69, 9.17) is 5.73 Å². The molecule has 108 valence electrons. The molecule has 0 aliphatic rings. The van der Waals surface area contributed by atoms with Crippen LogP contribution in [0.15, 0.2) is 29.4 Å². The molecule has 20 heavy (non-hydrogen) atoms. The van der Waals surface area contributed by atoms with Crippen molar-refractivity contribution in [2.45, 2.75) is 13.8 Å². The molecular weight excluding hydrogens is 260 g/mol. The molecule has 0 atom stereocenters. The number of nitrogens with two attached hydrogens (primary N) is 1. The molecule has 0 amide bonds. The SMILES string of the molecule is CCN(CC)c1ccc(/C=[NH+]\N=C(N)N[N+](=O)[O-])cc1. The smallest absolute Gasteiger partial charge is 0.319 e. The highest BCUT2D eigenvalue weighted by Gasteiger charge is 2.02. The molecule has 0 unspecified atom stereocenters. The van der Waals surface area contributed by atoms with Crippen LogP contribution in [-0.2, 0) is 0 Å². The minimum atomic E-state index is -0.778. The number of nitro groups is 1. The molecule has 4 N–H and O–H groups in total. The molecule has 0 bridgehead atoms. The van der Waals surface area contributed by atoms with Gasteiger partial charge >= 0.3 is 5.96 Å². The van der Waals surface area contributed by atoms with Gasteiger partial charge in [-0.2, -0.15) is 0 Å². The number of guanidine groups is 1. The Bertz CT molecular complexity index is 493. The lowest BCUT2D eigenvalue weighted by molar-refractivity contribution is -0.528. The van der Waals surface area contributed by atoms with E-state index < -0.39 is 5.03 Å². The van der Waals surface area contributed by atoms with E-state index in [0.29, 0.717) is 0 Å². The fourth-order valence-corrected chi connectivity index (χ4v) is 1.67. The number of nitrogens with zero attached hydrogens (tertiary/aromatic N) is 3. The zero-order valence-electron chi connectivity index (χ0n) is 11.5. The molecule has 0 spiro atoms. The highest BCUT2D eigenvalue weighted by molar-refractivity contribution is 5.77. The first-order valence-electron chi connectivity index (χ1n) is 6.24. The summed E-state index contributed by atoms with van der Waals surface area (Å²) in [6.07, 6.45) is 1.60. The quantitative estimate of drug-likeness (QED) is 0.269. The van der Waals surface area contributed by atoms with Crippen molar-refractivity contribution < 1.29 is 10.1 Å².